The fourth-order valence-corrected chi connectivity index (χ4v) is 6.86. The average molecular weight is 606 g/mol. The molecule has 260 valence electrons. The SMILES string of the molecule is CCCCCCCCCCCCCCCCN(CCCCCCCCCCCCC)CCCCCCCCCCCCC. The topological polar surface area (TPSA) is 3.24 Å². The highest BCUT2D eigenvalue weighted by molar-refractivity contribution is 4.61. The van der Waals surface area contributed by atoms with Gasteiger partial charge in [0.15, 0.2) is 0 Å². The van der Waals surface area contributed by atoms with Crippen molar-refractivity contribution in [2.75, 3.05) is 19.6 Å². The summed E-state index contributed by atoms with van der Waals surface area (Å²) in [5.41, 5.74) is 0. The minimum absolute atomic E-state index is 1.37. The highest BCUT2D eigenvalue weighted by Gasteiger charge is 2.05. The van der Waals surface area contributed by atoms with Gasteiger partial charge in [-0.15, -0.1) is 0 Å². The lowest BCUT2D eigenvalue weighted by atomic mass is 10.0. The number of hydrogen-bond acceptors (Lipinski definition) is 1. The number of nitrogens with zero attached hydrogens (tertiary/aromatic N) is 1. The molecule has 0 rings (SSSR count). The second-order valence-corrected chi connectivity index (χ2v) is 14.5. The number of rotatable bonds is 39. The number of unbranched alkanes of at least 4 members (excludes halogenated alkanes) is 33. The Bertz CT molecular complexity index is 434. The Labute approximate surface area is 275 Å². The lowest BCUT2D eigenvalue weighted by molar-refractivity contribution is 0.254. The normalized spacial score (nSPS) is 11.7. The third-order valence-electron chi connectivity index (χ3n) is 9.98. The molecule has 43 heavy (non-hydrogen) atoms. The second-order valence-electron chi connectivity index (χ2n) is 14.5. The highest BCUT2D eigenvalue weighted by atomic mass is 15.1. The fourth-order valence-electron chi connectivity index (χ4n) is 6.86. The van der Waals surface area contributed by atoms with Gasteiger partial charge < -0.3 is 4.90 Å². The molecule has 0 aromatic rings. The van der Waals surface area contributed by atoms with Crippen molar-refractivity contribution < 1.29 is 0 Å². The minimum atomic E-state index is 1.37. The van der Waals surface area contributed by atoms with Crippen LogP contribution in [-0.4, -0.2) is 24.5 Å². The quantitative estimate of drug-likeness (QED) is 0.0630. The van der Waals surface area contributed by atoms with E-state index < -0.39 is 0 Å². The van der Waals surface area contributed by atoms with Crippen molar-refractivity contribution in [1.29, 1.82) is 0 Å². The van der Waals surface area contributed by atoms with E-state index in [0.717, 1.165) is 0 Å². The van der Waals surface area contributed by atoms with Crippen molar-refractivity contribution in [2.45, 2.75) is 252 Å². The van der Waals surface area contributed by atoms with Gasteiger partial charge in [0, 0.05) is 0 Å². The Balaban J connectivity index is 3.88. The van der Waals surface area contributed by atoms with Gasteiger partial charge in [0.1, 0.15) is 0 Å². The summed E-state index contributed by atoms with van der Waals surface area (Å²) in [4.78, 5) is 2.86. The van der Waals surface area contributed by atoms with Gasteiger partial charge in [0.05, 0.1) is 0 Å². The van der Waals surface area contributed by atoms with E-state index in [9.17, 15) is 0 Å². The van der Waals surface area contributed by atoms with Crippen molar-refractivity contribution in [3.05, 3.63) is 0 Å². The molecule has 1 nitrogen and oxygen atoms in total. The van der Waals surface area contributed by atoms with Gasteiger partial charge in [-0.25, -0.2) is 0 Å². The molecule has 0 heterocycles. The molecule has 0 aromatic heterocycles. The van der Waals surface area contributed by atoms with Crippen LogP contribution in [0, 0.1) is 0 Å². The summed E-state index contributed by atoms with van der Waals surface area (Å²) >= 11 is 0. The van der Waals surface area contributed by atoms with E-state index in [1.807, 2.05) is 0 Å². The van der Waals surface area contributed by atoms with E-state index in [4.69, 9.17) is 0 Å². The Morgan fingerprint density at radius 2 is 0.326 bits per heavy atom. The van der Waals surface area contributed by atoms with E-state index in [1.165, 1.54) is 251 Å². The molecule has 0 saturated heterocycles. The van der Waals surface area contributed by atoms with Crippen LogP contribution in [0.15, 0.2) is 0 Å². The van der Waals surface area contributed by atoms with Crippen molar-refractivity contribution in [3.63, 3.8) is 0 Å². The predicted octanol–water partition coefficient (Wildman–Crippen LogP) is 15.4. The van der Waals surface area contributed by atoms with Gasteiger partial charge in [-0.1, -0.05) is 233 Å². The third kappa shape index (κ3) is 38.1. The van der Waals surface area contributed by atoms with Crippen LogP contribution < -0.4 is 0 Å². The first-order chi connectivity index (χ1) is 21.3. The van der Waals surface area contributed by atoms with Gasteiger partial charge in [0.25, 0.3) is 0 Å². The Morgan fingerprint density at radius 1 is 0.186 bits per heavy atom. The Hall–Kier alpha value is -0.0400. The monoisotopic (exact) mass is 606 g/mol. The first kappa shape index (κ1) is 43.0. The van der Waals surface area contributed by atoms with Crippen molar-refractivity contribution in [3.8, 4) is 0 Å². The zero-order valence-electron chi connectivity index (χ0n) is 31.0. The predicted molar refractivity (Wildman–Crippen MR) is 200 cm³/mol. The van der Waals surface area contributed by atoms with E-state index in [1.54, 1.807) is 0 Å². The van der Waals surface area contributed by atoms with E-state index in [0.29, 0.717) is 0 Å². The van der Waals surface area contributed by atoms with Crippen LogP contribution >= 0.6 is 0 Å². The number of hydrogen-bond donors (Lipinski definition) is 0. The van der Waals surface area contributed by atoms with Crippen LogP contribution in [0.5, 0.6) is 0 Å². The van der Waals surface area contributed by atoms with Crippen LogP contribution in [0.3, 0.4) is 0 Å². The average Bonchev–Trinajstić information content (AvgIpc) is 3.02. The first-order valence-corrected chi connectivity index (χ1v) is 21.1. The van der Waals surface area contributed by atoms with Crippen molar-refractivity contribution >= 4 is 0 Å². The molecule has 0 spiro atoms. The maximum atomic E-state index is 2.86. The fraction of sp³-hybridized carbons (Fsp3) is 1.00. The largest absolute Gasteiger partial charge is 0.303 e. The molecule has 0 unspecified atom stereocenters. The Kier molecular flexibility index (Phi) is 39.9. The molecule has 0 N–H and O–H groups in total. The summed E-state index contributed by atoms with van der Waals surface area (Å²) in [6.07, 6.45) is 52.6. The first-order valence-electron chi connectivity index (χ1n) is 21.1. The van der Waals surface area contributed by atoms with E-state index in [-0.39, 0.29) is 0 Å². The zero-order chi connectivity index (χ0) is 31.2. The summed E-state index contributed by atoms with van der Waals surface area (Å²) in [5.74, 6) is 0. The zero-order valence-corrected chi connectivity index (χ0v) is 31.0. The summed E-state index contributed by atoms with van der Waals surface area (Å²) < 4.78 is 0. The van der Waals surface area contributed by atoms with Crippen LogP contribution in [-0.2, 0) is 0 Å². The molecule has 0 aliphatic carbocycles. The Morgan fingerprint density at radius 3 is 0.488 bits per heavy atom. The molecule has 0 aliphatic heterocycles. The molecule has 0 amide bonds. The molecule has 0 radical (unpaired) electrons. The van der Waals surface area contributed by atoms with E-state index >= 15 is 0 Å². The maximum absolute atomic E-state index is 2.86. The lowest BCUT2D eigenvalue weighted by Crippen LogP contribution is -2.27. The lowest BCUT2D eigenvalue weighted by Gasteiger charge is -2.22. The molecule has 0 aromatic carbocycles. The van der Waals surface area contributed by atoms with Crippen LogP contribution in [0.1, 0.15) is 252 Å². The molecular weight excluding hydrogens is 518 g/mol. The summed E-state index contributed by atoms with van der Waals surface area (Å²) in [7, 11) is 0. The molecule has 0 bridgehead atoms. The van der Waals surface area contributed by atoms with Crippen LogP contribution in [0.25, 0.3) is 0 Å². The third-order valence-corrected chi connectivity index (χ3v) is 9.98. The highest BCUT2D eigenvalue weighted by Crippen LogP contribution is 2.16. The second kappa shape index (κ2) is 40.0. The van der Waals surface area contributed by atoms with Gasteiger partial charge in [-0.3, -0.25) is 0 Å². The van der Waals surface area contributed by atoms with Gasteiger partial charge in [0.2, 0.25) is 0 Å². The maximum Gasteiger partial charge on any atom is -0.00187 e. The summed E-state index contributed by atoms with van der Waals surface area (Å²) in [6, 6.07) is 0. The summed E-state index contributed by atoms with van der Waals surface area (Å²) in [5, 5.41) is 0. The van der Waals surface area contributed by atoms with Crippen molar-refractivity contribution in [2.24, 2.45) is 0 Å². The smallest absolute Gasteiger partial charge is 0.00187 e. The van der Waals surface area contributed by atoms with E-state index in [2.05, 4.69) is 25.7 Å². The molecular formula is C42H87N. The standard InChI is InChI=1S/C42H87N/c1-4-7-10-13-16-19-22-23-24-27-30-33-36-39-42-43(40-37-34-31-28-25-20-17-14-11-8-5-2)41-38-35-32-29-26-21-18-15-12-9-6-3/h4-42H2,1-3H3. The molecule has 0 atom stereocenters. The molecule has 1 heteroatoms. The van der Waals surface area contributed by atoms with Crippen LogP contribution in [0.2, 0.25) is 0 Å². The van der Waals surface area contributed by atoms with Gasteiger partial charge in [-0.05, 0) is 38.9 Å². The van der Waals surface area contributed by atoms with Gasteiger partial charge in [-0.2, -0.15) is 0 Å². The summed E-state index contributed by atoms with van der Waals surface area (Å²) in [6.45, 7) is 11.1. The molecule has 0 fully saturated rings. The van der Waals surface area contributed by atoms with Crippen molar-refractivity contribution in [1.82, 2.24) is 4.90 Å². The minimum Gasteiger partial charge on any atom is -0.303 e. The molecule has 0 saturated carbocycles. The van der Waals surface area contributed by atoms with Gasteiger partial charge >= 0.3 is 0 Å². The van der Waals surface area contributed by atoms with Crippen LogP contribution in [0.4, 0.5) is 0 Å². The molecule has 0 aliphatic rings.